The Kier molecular flexibility index (Phi) is 17.7. The van der Waals surface area contributed by atoms with E-state index in [-0.39, 0.29) is 17.0 Å². The van der Waals surface area contributed by atoms with Gasteiger partial charge in [-0.15, -0.1) is 0 Å². The molecule has 0 bridgehead atoms. The summed E-state index contributed by atoms with van der Waals surface area (Å²) in [5.41, 5.74) is 1.25. The molecule has 0 atom stereocenters. The van der Waals surface area contributed by atoms with Crippen LogP contribution in [0.4, 0.5) is 0 Å². The zero-order chi connectivity index (χ0) is 15.7. The van der Waals surface area contributed by atoms with E-state index in [0.29, 0.717) is 0 Å². The number of hydrogen-bond donors (Lipinski definition) is 0. The van der Waals surface area contributed by atoms with Gasteiger partial charge in [0.05, 0.1) is 0 Å². The van der Waals surface area contributed by atoms with Gasteiger partial charge in [-0.05, 0) is 25.0 Å². The summed E-state index contributed by atoms with van der Waals surface area (Å²) in [6, 6.07) is 6.23. The normalized spacial score (nSPS) is 10.5. The monoisotopic (exact) mass is 382 g/mol. The molecular formula is C21H37BrN-. The standard InChI is InChI=1S/C21H37N.BrH/c1-2-3-4-5-6-7-8-9-10-11-12-13-14-15-18-21-19-16-17-20-22-21;/h16-17,19-20H,2-15,18H2,1H3;1H/p-1. The van der Waals surface area contributed by atoms with Gasteiger partial charge < -0.3 is 17.0 Å². The number of halogens is 1. The van der Waals surface area contributed by atoms with Gasteiger partial charge in [-0.3, -0.25) is 4.98 Å². The summed E-state index contributed by atoms with van der Waals surface area (Å²) in [7, 11) is 0. The highest BCUT2D eigenvalue weighted by molar-refractivity contribution is 5.03. The van der Waals surface area contributed by atoms with Crippen molar-refractivity contribution >= 4 is 0 Å². The van der Waals surface area contributed by atoms with Gasteiger partial charge in [0.2, 0.25) is 0 Å². The lowest BCUT2D eigenvalue weighted by Gasteiger charge is -2.03. The molecule has 1 rings (SSSR count). The predicted octanol–water partition coefficient (Wildman–Crippen LogP) is 4.11. The molecule has 0 aliphatic heterocycles. The van der Waals surface area contributed by atoms with E-state index in [1.54, 1.807) is 0 Å². The topological polar surface area (TPSA) is 12.9 Å². The van der Waals surface area contributed by atoms with Crippen molar-refractivity contribution in [2.75, 3.05) is 0 Å². The molecule has 0 unspecified atom stereocenters. The molecule has 0 saturated heterocycles. The molecular weight excluding hydrogens is 346 g/mol. The van der Waals surface area contributed by atoms with Crippen LogP contribution < -0.4 is 17.0 Å². The summed E-state index contributed by atoms with van der Waals surface area (Å²) in [6.45, 7) is 2.29. The van der Waals surface area contributed by atoms with Crippen molar-refractivity contribution in [3.8, 4) is 0 Å². The fraction of sp³-hybridized carbons (Fsp3) is 0.762. The van der Waals surface area contributed by atoms with Crippen LogP contribution in [0, 0.1) is 0 Å². The molecule has 1 aromatic heterocycles. The van der Waals surface area contributed by atoms with Crippen LogP contribution in [0.3, 0.4) is 0 Å². The maximum atomic E-state index is 4.38. The molecule has 0 aliphatic carbocycles. The molecule has 23 heavy (non-hydrogen) atoms. The summed E-state index contributed by atoms with van der Waals surface area (Å²) in [6.07, 6.45) is 23.0. The highest BCUT2D eigenvalue weighted by Gasteiger charge is 1.95. The molecule has 0 spiro atoms. The van der Waals surface area contributed by atoms with E-state index in [9.17, 15) is 0 Å². The molecule has 1 aromatic rings. The number of unbranched alkanes of at least 4 members (excludes halogenated alkanes) is 13. The SMILES string of the molecule is CCCCCCCCCCCCCCCCc1ccccn1.[Br-]. The van der Waals surface area contributed by atoms with E-state index in [2.05, 4.69) is 24.0 Å². The van der Waals surface area contributed by atoms with Crippen molar-refractivity contribution in [3.63, 3.8) is 0 Å². The van der Waals surface area contributed by atoms with Crippen LogP contribution in [0.15, 0.2) is 24.4 Å². The Morgan fingerprint density at radius 1 is 0.652 bits per heavy atom. The minimum Gasteiger partial charge on any atom is -1.00 e. The first-order chi connectivity index (χ1) is 10.9. The van der Waals surface area contributed by atoms with Gasteiger partial charge in [0, 0.05) is 11.9 Å². The highest BCUT2D eigenvalue weighted by atomic mass is 79.9. The smallest absolute Gasteiger partial charge is 0.0403 e. The number of nitrogens with zero attached hydrogens (tertiary/aromatic N) is 1. The predicted molar refractivity (Wildman–Crippen MR) is 98.3 cm³/mol. The zero-order valence-electron chi connectivity index (χ0n) is 15.2. The number of aryl methyl sites for hydroxylation is 1. The third-order valence-electron chi connectivity index (χ3n) is 4.51. The van der Waals surface area contributed by atoms with Crippen LogP contribution in [0.25, 0.3) is 0 Å². The minimum atomic E-state index is 0. The first kappa shape index (κ1) is 22.6. The van der Waals surface area contributed by atoms with Crippen LogP contribution >= 0.6 is 0 Å². The number of pyridine rings is 1. The lowest BCUT2D eigenvalue weighted by Crippen LogP contribution is -3.00. The molecule has 0 aliphatic rings. The van der Waals surface area contributed by atoms with E-state index in [4.69, 9.17) is 0 Å². The molecule has 0 radical (unpaired) electrons. The highest BCUT2D eigenvalue weighted by Crippen LogP contribution is 2.13. The molecule has 0 aromatic carbocycles. The van der Waals surface area contributed by atoms with Crippen molar-refractivity contribution in [1.82, 2.24) is 4.98 Å². The van der Waals surface area contributed by atoms with Crippen molar-refractivity contribution in [2.45, 2.75) is 103 Å². The van der Waals surface area contributed by atoms with E-state index >= 15 is 0 Å². The summed E-state index contributed by atoms with van der Waals surface area (Å²) in [5, 5.41) is 0. The maximum Gasteiger partial charge on any atom is 0.0403 e. The average molecular weight is 383 g/mol. The van der Waals surface area contributed by atoms with Crippen molar-refractivity contribution < 1.29 is 17.0 Å². The van der Waals surface area contributed by atoms with Crippen molar-refractivity contribution in [1.29, 1.82) is 0 Å². The molecule has 134 valence electrons. The average Bonchev–Trinajstić information content (AvgIpc) is 2.56. The van der Waals surface area contributed by atoms with E-state index in [0.717, 1.165) is 6.42 Å². The van der Waals surface area contributed by atoms with Crippen LogP contribution in [-0.4, -0.2) is 4.98 Å². The molecule has 0 N–H and O–H groups in total. The van der Waals surface area contributed by atoms with Gasteiger partial charge in [-0.1, -0.05) is 96.5 Å². The van der Waals surface area contributed by atoms with Gasteiger partial charge >= 0.3 is 0 Å². The summed E-state index contributed by atoms with van der Waals surface area (Å²) >= 11 is 0. The zero-order valence-corrected chi connectivity index (χ0v) is 16.8. The first-order valence-electron chi connectivity index (χ1n) is 9.83. The van der Waals surface area contributed by atoms with E-state index in [1.807, 2.05) is 12.3 Å². The van der Waals surface area contributed by atoms with Gasteiger partial charge in [0.1, 0.15) is 0 Å². The van der Waals surface area contributed by atoms with Gasteiger partial charge in [-0.25, -0.2) is 0 Å². The van der Waals surface area contributed by atoms with Crippen molar-refractivity contribution in [3.05, 3.63) is 30.1 Å². The number of aromatic nitrogens is 1. The first-order valence-corrected chi connectivity index (χ1v) is 9.83. The van der Waals surface area contributed by atoms with Crippen LogP contribution in [0.2, 0.25) is 0 Å². The Morgan fingerprint density at radius 3 is 1.57 bits per heavy atom. The van der Waals surface area contributed by atoms with Crippen LogP contribution in [0.1, 0.15) is 103 Å². The maximum absolute atomic E-state index is 4.38. The van der Waals surface area contributed by atoms with E-state index < -0.39 is 0 Å². The second kappa shape index (κ2) is 18.0. The number of rotatable bonds is 15. The Labute approximate surface area is 155 Å². The van der Waals surface area contributed by atoms with Crippen molar-refractivity contribution in [2.24, 2.45) is 0 Å². The van der Waals surface area contributed by atoms with Crippen LogP contribution in [-0.2, 0) is 6.42 Å². The Hall–Kier alpha value is -0.370. The quantitative estimate of drug-likeness (QED) is 0.416. The third kappa shape index (κ3) is 14.9. The molecule has 1 heterocycles. The molecule has 2 heteroatoms. The fourth-order valence-electron chi connectivity index (χ4n) is 3.05. The summed E-state index contributed by atoms with van der Waals surface area (Å²) in [5.74, 6) is 0. The van der Waals surface area contributed by atoms with E-state index in [1.165, 1.54) is 95.6 Å². The van der Waals surface area contributed by atoms with Gasteiger partial charge in [0.15, 0.2) is 0 Å². The second-order valence-electron chi connectivity index (χ2n) is 6.67. The third-order valence-corrected chi connectivity index (χ3v) is 4.51. The molecule has 0 amide bonds. The molecule has 0 saturated carbocycles. The van der Waals surface area contributed by atoms with Gasteiger partial charge in [-0.2, -0.15) is 0 Å². The summed E-state index contributed by atoms with van der Waals surface area (Å²) in [4.78, 5) is 4.38. The summed E-state index contributed by atoms with van der Waals surface area (Å²) < 4.78 is 0. The number of hydrogen-bond acceptors (Lipinski definition) is 1. The lowest BCUT2D eigenvalue weighted by molar-refractivity contribution is -0.00000489. The largest absolute Gasteiger partial charge is 1.00 e. The fourth-order valence-corrected chi connectivity index (χ4v) is 3.05. The van der Waals surface area contributed by atoms with Gasteiger partial charge in [0.25, 0.3) is 0 Å². The molecule has 0 fully saturated rings. The minimum absolute atomic E-state index is 0. The Bertz CT molecular complexity index is 326. The Balaban J connectivity index is 0.00000484. The van der Waals surface area contributed by atoms with Crippen LogP contribution in [0.5, 0.6) is 0 Å². The lowest BCUT2D eigenvalue weighted by atomic mass is 10.0. The molecule has 1 nitrogen and oxygen atoms in total. The second-order valence-corrected chi connectivity index (χ2v) is 6.67. The Morgan fingerprint density at radius 2 is 1.13 bits per heavy atom.